The van der Waals surface area contributed by atoms with E-state index in [9.17, 15) is 4.79 Å². The predicted octanol–water partition coefficient (Wildman–Crippen LogP) is 3.62. The molecule has 1 amide bonds. The molecule has 5 nitrogen and oxygen atoms in total. The minimum absolute atomic E-state index is 0. The number of nitrogens with one attached hydrogen (secondary N) is 1. The smallest absolute Gasteiger partial charge is 0.227 e. The molecule has 1 heterocycles. The number of aryl methyl sites for hydroxylation is 2. The molecular weight excluding hydrogens is 404 g/mol. The lowest BCUT2D eigenvalue weighted by molar-refractivity contribution is -0.120. The van der Waals surface area contributed by atoms with Crippen LogP contribution in [0.1, 0.15) is 24.8 Å². The van der Waals surface area contributed by atoms with Gasteiger partial charge >= 0.3 is 0 Å². The molecule has 1 aliphatic carbocycles. The van der Waals surface area contributed by atoms with Crippen molar-refractivity contribution in [1.82, 2.24) is 9.78 Å². The van der Waals surface area contributed by atoms with Gasteiger partial charge in [0.15, 0.2) is 0 Å². The maximum Gasteiger partial charge on any atom is 0.227 e. The van der Waals surface area contributed by atoms with Crippen molar-refractivity contribution < 1.29 is 4.79 Å². The van der Waals surface area contributed by atoms with Crippen LogP contribution in [0.3, 0.4) is 0 Å². The van der Waals surface area contributed by atoms with Gasteiger partial charge in [0, 0.05) is 24.3 Å². The first-order chi connectivity index (χ1) is 11.7. The molecule has 2 atom stereocenters. The topological polar surface area (TPSA) is 72.9 Å². The standard InChI is InChI=1S/C18H23BrN4O.ClH/c19-15-11-21-23(12-15)9-8-13-4-6-16(7-5-13)22-18(24)17-3-1-2-14(17)10-20;/h4-7,11-12,14,17H,1-3,8-10,20H2,(H,22,24);1H/t14-,17-;/m1./s1. The summed E-state index contributed by atoms with van der Waals surface area (Å²) in [6, 6.07) is 8.06. The van der Waals surface area contributed by atoms with Crippen molar-refractivity contribution in [3.05, 3.63) is 46.7 Å². The predicted molar refractivity (Wildman–Crippen MR) is 106 cm³/mol. The number of carbonyl (C=O) groups excluding carboxylic acids is 1. The minimum atomic E-state index is 0. The average Bonchev–Trinajstić information content (AvgIpc) is 3.22. The Bertz CT molecular complexity index is 689. The summed E-state index contributed by atoms with van der Waals surface area (Å²) in [5.41, 5.74) is 7.85. The highest BCUT2D eigenvalue weighted by Gasteiger charge is 2.31. The molecule has 1 aromatic heterocycles. The third kappa shape index (κ3) is 5.30. The number of hydrogen-bond acceptors (Lipinski definition) is 3. The number of aromatic nitrogens is 2. The lowest BCUT2D eigenvalue weighted by atomic mass is 9.95. The highest BCUT2D eigenvalue weighted by molar-refractivity contribution is 9.10. The Morgan fingerprint density at radius 1 is 1.32 bits per heavy atom. The first-order valence-electron chi connectivity index (χ1n) is 8.43. The normalized spacial score (nSPS) is 19.4. The monoisotopic (exact) mass is 426 g/mol. The Morgan fingerprint density at radius 2 is 2.08 bits per heavy atom. The second kappa shape index (κ2) is 9.36. The maximum atomic E-state index is 12.4. The Kier molecular flexibility index (Phi) is 7.47. The Hall–Kier alpha value is -1.37. The van der Waals surface area contributed by atoms with Crippen molar-refractivity contribution in [2.75, 3.05) is 11.9 Å². The van der Waals surface area contributed by atoms with Crippen LogP contribution in [-0.4, -0.2) is 22.2 Å². The third-order valence-electron chi connectivity index (χ3n) is 4.75. The molecule has 0 spiro atoms. The molecule has 2 aromatic rings. The SMILES string of the molecule is Cl.NC[C@H]1CCC[C@H]1C(=O)Nc1ccc(CCn2cc(Br)cn2)cc1. The highest BCUT2D eigenvalue weighted by Crippen LogP contribution is 2.31. The van der Waals surface area contributed by atoms with Gasteiger partial charge < -0.3 is 11.1 Å². The summed E-state index contributed by atoms with van der Waals surface area (Å²) in [5.74, 6) is 0.502. The van der Waals surface area contributed by atoms with E-state index in [1.54, 1.807) is 6.20 Å². The van der Waals surface area contributed by atoms with Crippen LogP contribution in [-0.2, 0) is 17.8 Å². The van der Waals surface area contributed by atoms with E-state index in [0.717, 1.165) is 42.4 Å². The van der Waals surface area contributed by atoms with Crippen LogP contribution in [0, 0.1) is 11.8 Å². The van der Waals surface area contributed by atoms with Crippen LogP contribution in [0.15, 0.2) is 41.1 Å². The zero-order chi connectivity index (χ0) is 16.9. The zero-order valence-corrected chi connectivity index (χ0v) is 16.4. The van der Waals surface area contributed by atoms with E-state index in [0.29, 0.717) is 12.5 Å². The van der Waals surface area contributed by atoms with Crippen LogP contribution in [0.25, 0.3) is 0 Å². The summed E-state index contributed by atoms with van der Waals surface area (Å²) >= 11 is 3.40. The number of halogens is 2. The summed E-state index contributed by atoms with van der Waals surface area (Å²) < 4.78 is 2.90. The molecule has 136 valence electrons. The van der Waals surface area contributed by atoms with E-state index in [4.69, 9.17) is 5.73 Å². The number of nitrogens with two attached hydrogens (primary N) is 1. The van der Waals surface area contributed by atoms with Crippen molar-refractivity contribution >= 4 is 39.9 Å². The van der Waals surface area contributed by atoms with Gasteiger partial charge in [0.1, 0.15) is 0 Å². The molecule has 1 aliphatic rings. The molecule has 1 saturated carbocycles. The van der Waals surface area contributed by atoms with Gasteiger partial charge in [-0.3, -0.25) is 9.48 Å². The maximum absolute atomic E-state index is 12.4. The molecular formula is C18H24BrClN4O. The number of carbonyl (C=O) groups is 1. The van der Waals surface area contributed by atoms with Crippen LogP contribution in [0.4, 0.5) is 5.69 Å². The van der Waals surface area contributed by atoms with Crippen molar-refractivity contribution in [2.45, 2.75) is 32.2 Å². The second-order valence-electron chi connectivity index (χ2n) is 6.39. The number of rotatable bonds is 6. The number of anilines is 1. The van der Waals surface area contributed by atoms with Crippen molar-refractivity contribution in [3.8, 4) is 0 Å². The number of nitrogens with zero attached hydrogens (tertiary/aromatic N) is 2. The van der Waals surface area contributed by atoms with Crippen molar-refractivity contribution in [2.24, 2.45) is 17.6 Å². The highest BCUT2D eigenvalue weighted by atomic mass is 79.9. The molecule has 0 bridgehead atoms. The quantitative estimate of drug-likeness (QED) is 0.739. The zero-order valence-electron chi connectivity index (χ0n) is 14.0. The largest absolute Gasteiger partial charge is 0.330 e. The fraction of sp³-hybridized carbons (Fsp3) is 0.444. The first-order valence-corrected chi connectivity index (χ1v) is 9.23. The van der Waals surface area contributed by atoms with Gasteiger partial charge in [-0.2, -0.15) is 5.10 Å². The second-order valence-corrected chi connectivity index (χ2v) is 7.31. The van der Waals surface area contributed by atoms with Crippen LogP contribution >= 0.6 is 28.3 Å². The molecule has 3 N–H and O–H groups in total. The van der Waals surface area contributed by atoms with Gasteiger partial charge in [-0.05, 0) is 65.4 Å². The van der Waals surface area contributed by atoms with E-state index in [1.807, 2.05) is 23.0 Å². The lowest BCUT2D eigenvalue weighted by Crippen LogP contribution is -2.29. The fourth-order valence-corrected chi connectivity index (χ4v) is 3.69. The Morgan fingerprint density at radius 3 is 2.72 bits per heavy atom. The lowest BCUT2D eigenvalue weighted by Gasteiger charge is -2.17. The van der Waals surface area contributed by atoms with Crippen LogP contribution in [0.2, 0.25) is 0 Å². The number of benzene rings is 1. The molecule has 0 unspecified atom stereocenters. The van der Waals surface area contributed by atoms with Gasteiger partial charge in [-0.15, -0.1) is 12.4 Å². The van der Waals surface area contributed by atoms with E-state index in [2.05, 4.69) is 38.5 Å². The van der Waals surface area contributed by atoms with E-state index < -0.39 is 0 Å². The van der Waals surface area contributed by atoms with Crippen molar-refractivity contribution in [1.29, 1.82) is 0 Å². The summed E-state index contributed by atoms with van der Waals surface area (Å²) in [6.07, 6.45) is 7.77. The average molecular weight is 428 g/mol. The Labute approximate surface area is 162 Å². The summed E-state index contributed by atoms with van der Waals surface area (Å²) in [5, 5.41) is 7.28. The molecule has 0 saturated heterocycles. The van der Waals surface area contributed by atoms with E-state index >= 15 is 0 Å². The van der Waals surface area contributed by atoms with E-state index in [-0.39, 0.29) is 24.2 Å². The van der Waals surface area contributed by atoms with Gasteiger partial charge in [0.2, 0.25) is 5.91 Å². The first kappa shape index (κ1) is 19.9. The number of hydrogen-bond donors (Lipinski definition) is 2. The van der Waals surface area contributed by atoms with Gasteiger partial charge in [-0.25, -0.2) is 0 Å². The van der Waals surface area contributed by atoms with Crippen LogP contribution in [0.5, 0.6) is 0 Å². The third-order valence-corrected chi connectivity index (χ3v) is 5.16. The fourth-order valence-electron chi connectivity index (χ4n) is 3.36. The molecule has 25 heavy (non-hydrogen) atoms. The molecule has 3 rings (SSSR count). The molecule has 0 radical (unpaired) electrons. The Balaban J connectivity index is 0.00000225. The summed E-state index contributed by atoms with van der Waals surface area (Å²) in [7, 11) is 0. The molecule has 1 fully saturated rings. The molecule has 1 aromatic carbocycles. The summed E-state index contributed by atoms with van der Waals surface area (Å²) in [4.78, 5) is 12.4. The van der Waals surface area contributed by atoms with Crippen LogP contribution < -0.4 is 11.1 Å². The van der Waals surface area contributed by atoms with Gasteiger partial charge in [0.05, 0.1) is 10.7 Å². The number of amides is 1. The molecule has 0 aliphatic heterocycles. The van der Waals surface area contributed by atoms with Crippen molar-refractivity contribution in [3.63, 3.8) is 0 Å². The summed E-state index contributed by atoms with van der Waals surface area (Å²) in [6.45, 7) is 1.43. The molecule has 7 heteroatoms. The van der Waals surface area contributed by atoms with E-state index in [1.165, 1.54) is 5.56 Å². The van der Waals surface area contributed by atoms with Gasteiger partial charge in [0.25, 0.3) is 0 Å². The minimum Gasteiger partial charge on any atom is -0.330 e. The van der Waals surface area contributed by atoms with Gasteiger partial charge in [-0.1, -0.05) is 18.6 Å².